The Bertz CT molecular complexity index is 305. The first-order valence-electron chi connectivity index (χ1n) is 4.45. The van der Waals surface area contributed by atoms with Gasteiger partial charge < -0.3 is 5.32 Å². The van der Waals surface area contributed by atoms with E-state index < -0.39 is 0 Å². The van der Waals surface area contributed by atoms with Crippen molar-refractivity contribution in [3.05, 3.63) is 23.7 Å². The van der Waals surface area contributed by atoms with E-state index in [2.05, 4.69) is 34.4 Å². The minimum Gasteiger partial charge on any atom is -0.373 e. The fourth-order valence-corrected chi connectivity index (χ4v) is 1.12. The Balaban J connectivity index is 3.07. The Labute approximate surface area is 78.9 Å². The molecule has 0 atom stereocenters. The second-order valence-corrected chi connectivity index (χ2v) is 2.78. The van der Waals surface area contributed by atoms with Crippen LogP contribution >= 0.6 is 0 Å². The summed E-state index contributed by atoms with van der Waals surface area (Å²) in [5.41, 5.74) is 2.08. The van der Waals surface area contributed by atoms with Crippen LogP contribution in [0.2, 0.25) is 0 Å². The molecule has 13 heavy (non-hydrogen) atoms. The van der Waals surface area contributed by atoms with Crippen LogP contribution in [0.15, 0.2) is 12.4 Å². The molecule has 1 heterocycles. The van der Waals surface area contributed by atoms with E-state index in [4.69, 9.17) is 0 Å². The third kappa shape index (κ3) is 2.28. The third-order valence-electron chi connectivity index (χ3n) is 1.84. The zero-order valence-corrected chi connectivity index (χ0v) is 8.33. The molecule has 0 saturated heterocycles. The molecule has 70 valence electrons. The van der Waals surface area contributed by atoms with Crippen molar-refractivity contribution in [2.45, 2.75) is 20.3 Å². The molecule has 0 amide bonds. The first-order chi connectivity index (χ1) is 6.29. The highest BCUT2D eigenvalue weighted by atomic mass is 15.0. The molecule has 0 unspecified atom stereocenters. The summed E-state index contributed by atoms with van der Waals surface area (Å²) >= 11 is 0. The highest BCUT2D eigenvalue weighted by Gasteiger charge is 2.01. The minimum absolute atomic E-state index is 0.886. The normalized spacial score (nSPS) is 10.7. The Morgan fingerprint density at radius 3 is 2.85 bits per heavy atom. The predicted molar refractivity (Wildman–Crippen MR) is 55.6 cm³/mol. The molecule has 0 saturated carbocycles. The largest absolute Gasteiger partial charge is 0.373 e. The highest BCUT2D eigenvalue weighted by Crippen LogP contribution is 2.15. The van der Waals surface area contributed by atoms with Crippen molar-refractivity contribution in [2.24, 2.45) is 0 Å². The SMILES string of the molecule is CC/C=C\c1c(C)ncnc1NC. The van der Waals surface area contributed by atoms with E-state index in [1.54, 1.807) is 6.33 Å². The summed E-state index contributed by atoms with van der Waals surface area (Å²) in [5, 5.41) is 3.04. The zero-order chi connectivity index (χ0) is 9.68. The predicted octanol–water partition coefficient (Wildman–Crippen LogP) is 2.25. The lowest BCUT2D eigenvalue weighted by molar-refractivity contribution is 1.09. The number of rotatable bonds is 3. The van der Waals surface area contributed by atoms with Crippen LogP contribution < -0.4 is 5.32 Å². The highest BCUT2D eigenvalue weighted by molar-refractivity contribution is 5.64. The Morgan fingerprint density at radius 1 is 1.46 bits per heavy atom. The summed E-state index contributed by atoms with van der Waals surface area (Å²) in [6.07, 6.45) is 6.76. The van der Waals surface area contributed by atoms with Gasteiger partial charge in [0.1, 0.15) is 12.1 Å². The third-order valence-corrected chi connectivity index (χ3v) is 1.84. The summed E-state index contributed by atoms with van der Waals surface area (Å²) in [6, 6.07) is 0. The average Bonchev–Trinajstić information content (AvgIpc) is 2.15. The smallest absolute Gasteiger partial charge is 0.136 e. The fourth-order valence-electron chi connectivity index (χ4n) is 1.12. The number of nitrogens with zero attached hydrogens (tertiary/aromatic N) is 2. The van der Waals surface area contributed by atoms with Gasteiger partial charge in [-0.15, -0.1) is 0 Å². The topological polar surface area (TPSA) is 37.8 Å². The number of hydrogen-bond acceptors (Lipinski definition) is 3. The lowest BCUT2D eigenvalue weighted by atomic mass is 10.2. The Hall–Kier alpha value is -1.38. The summed E-state index contributed by atoms with van der Waals surface area (Å²) in [5.74, 6) is 0.886. The lowest BCUT2D eigenvalue weighted by Gasteiger charge is -2.05. The van der Waals surface area contributed by atoms with E-state index >= 15 is 0 Å². The second kappa shape index (κ2) is 4.60. The van der Waals surface area contributed by atoms with Crippen LogP contribution in [-0.4, -0.2) is 17.0 Å². The standard InChI is InChI=1S/C10H15N3/c1-4-5-6-9-8(2)12-7-13-10(9)11-3/h5-7H,4H2,1-3H3,(H,11,12,13)/b6-5-. The van der Waals surface area contributed by atoms with E-state index in [0.29, 0.717) is 0 Å². The minimum atomic E-state index is 0.886. The van der Waals surface area contributed by atoms with E-state index in [-0.39, 0.29) is 0 Å². The van der Waals surface area contributed by atoms with Crippen molar-refractivity contribution < 1.29 is 0 Å². The van der Waals surface area contributed by atoms with Gasteiger partial charge >= 0.3 is 0 Å². The van der Waals surface area contributed by atoms with Gasteiger partial charge in [0.2, 0.25) is 0 Å². The summed E-state index contributed by atoms with van der Waals surface area (Å²) < 4.78 is 0. The van der Waals surface area contributed by atoms with Crippen molar-refractivity contribution in [3.63, 3.8) is 0 Å². The van der Waals surface area contributed by atoms with Crippen molar-refractivity contribution >= 4 is 11.9 Å². The number of hydrogen-bond donors (Lipinski definition) is 1. The van der Waals surface area contributed by atoms with Crippen molar-refractivity contribution in [1.29, 1.82) is 0 Å². The molecule has 0 fully saturated rings. The van der Waals surface area contributed by atoms with Crippen LogP contribution in [0.25, 0.3) is 6.08 Å². The van der Waals surface area contributed by atoms with Crippen LogP contribution in [0, 0.1) is 6.92 Å². The monoisotopic (exact) mass is 177 g/mol. The van der Waals surface area contributed by atoms with Gasteiger partial charge in [-0.25, -0.2) is 9.97 Å². The maximum absolute atomic E-state index is 4.14. The first-order valence-corrected chi connectivity index (χ1v) is 4.45. The van der Waals surface area contributed by atoms with Crippen LogP contribution in [0.4, 0.5) is 5.82 Å². The summed E-state index contributed by atoms with van der Waals surface area (Å²) in [6.45, 7) is 4.09. The average molecular weight is 177 g/mol. The van der Waals surface area contributed by atoms with Crippen LogP contribution in [0.1, 0.15) is 24.6 Å². The van der Waals surface area contributed by atoms with Crippen molar-refractivity contribution in [3.8, 4) is 0 Å². The fraction of sp³-hybridized carbons (Fsp3) is 0.400. The van der Waals surface area contributed by atoms with Gasteiger partial charge in [0.15, 0.2) is 0 Å². The summed E-state index contributed by atoms with van der Waals surface area (Å²) in [7, 11) is 1.87. The molecule has 0 aliphatic rings. The van der Waals surface area contributed by atoms with E-state index in [1.165, 1.54) is 0 Å². The molecule has 0 bridgehead atoms. The van der Waals surface area contributed by atoms with Gasteiger partial charge in [0.05, 0.1) is 5.69 Å². The molecule has 0 aromatic carbocycles. The van der Waals surface area contributed by atoms with Gasteiger partial charge in [-0.05, 0) is 13.3 Å². The van der Waals surface area contributed by atoms with Gasteiger partial charge in [-0.1, -0.05) is 19.1 Å². The van der Waals surface area contributed by atoms with Gasteiger partial charge in [0.25, 0.3) is 0 Å². The van der Waals surface area contributed by atoms with Crippen molar-refractivity contribution in [2.75, 3.05) is 12.4 Å². The van der Waals surface area contributed by atoms with Crippen LogP contribution in [-0.2, 0) is 0 Å². The van der Waals surface area contributed by atoms with Crippen molar-refractivity contribution in [1.82, 2.24) is 9.97 Å². The van der Waals surface area contributed by atoms with E-state index in [1.807, 2.05) is 14.0 Å². The van der Waals surface area contributed by atoms with Crippen LogP contribution in [0.3, 0.4) is 0 Å². The quantitative estimate of drug-likeness (QED) is 0.769. The zero-order valence-electron chi connectivity index (χ0n) is 8.33. The van der Waals surface area contributed by atoms with Gasteiger partial charge in [-0.3, -0.25) is 0 Å². The molecule has 1 rings (SSSR count). The number of nitrogens with one attached hydrogen (secondary N) is 1. The summed E-state index contributed by atoms with van der Waals surface area (Å²) in [4.78, 5) is 8.28. The first kappa shape index (κ1) is 9.71. The van der Waals surface area contributed by atoms with Crippen LogP contribution in [0.5, 0.6) is 0 Å². The molecule has 3 heteroatoms. The van der Waals surface area contributed by atoms with E-state index in [9.17, 15) is 0 Å². The molecule has 3 nitrogen and oxygen atoms in total. The molecular formula is C10H15N3. The molecule has 1 aromatic rings. The molecule has 0 spiro atoms. The molecule has 0 radical (unpaired) electrons. The Kier molecular flexibility index (Phi) is 3.43. The lowest BCUT2D eigenvalue weighted by Crippen LogP contribution is -1.99. The molecule has 0 aliphatic heterocycles. The van der Waals surface area contributed by atoms with Gasteiger partial charge in [-0.2, -0.15) is 0 Å². The molecule has 1 aromatic heterocycles. The number of anilines is 1. The number of aromatic nitrogens is 2. The molecule has 0 aliphatic carbocycles. The number of aryl methyl sites for hydroxylation is 1. The molecular weight excluding hydrogens is 162 g/mol. The Morgan fingerprint density at radius 2 is 2.23 bits per heavy atom. The molecule has 1 N–H and O–H groups in total. The van der Waals surface area contributed by atoms with E-state index in [0.717, 1.165) is 23.5 Å². The van der Waals surface area contributed by atoms with Gasteiger partial charge in [0, 0.05) is 12.6 Å². The number of allylic oxidation sites excluding steroid dienone is 1. The maximum atomic E-state index is 4.14. The second-order valence-electron chi connectivity index (χ2n) is 2.78. The maximum Gasteiger partial charge on any atom is 0.136 e.